The molecule has 0 aromatic heterocycles. The highest BCUT2D eigenvalue weighted by atomic mass is 127. The molecule has 0 unspecified atom stereocenters. The Balaban J connectivity index is 3.80. The van der Waals surface area contributed by atoms with Gasteiger partial charge in [-0.15, -0.1) is 13.2 Å². The lowest BCUT2D eigenvalue weighted by Crippen LogP contribution is -2.32. The van der Waals surface area contributed by atoms with Crippen LogP contribution in [0, 0.1) is 10.7 Å². The number of carbonyl (C=O) groups is 2. The van der Waals surface area contributed by atoms with E-state index >= 15 is 0 Å². The Hall–Kier alpha value is -0.760. The van der Waals surface area contributed by atoms with E-state index in [4.69, 9.17) is 0 Å². The number of hydrogen-bond acceptors (Lipinski definition) is 3. The van der Waals surface area contributed by atoms with Crippen molar-refractivity contribution in [3.05, 3.63) is 59.8 Å². The molecule has 0 N–H and O–H groups in total. The van der Waals surface area contributed by atoms with E-state index in [1.54, 1.807) is 48.3 Å². The Morgan fingerprint density at radius 3 is 1.63 bits per heavy atom. The topological polar surface area (TPSA) is 53.0 Å². The fourth-order valence-corrected chi connectivity index (χ4v) is 6.57. The Morgan fingerprint density at radius 1 is 0.889 bits per heavy atom. The third-order valence-electron chi connectivity index (χ3n) is 3.53. The van der Waals surface area contributed by atoms with Gasteiger partial charge in [0.15, 0.2) is 0 Å². The van der Waals surface area contributed by atoms with Crippen LogP contribution < -0.4 is 0 Å². The van der Waals surface area contributed by atoms with Crippen LogP contribution in [-0.2, 0) is 0 Å². The number of carbonyl (C=O) groups excluding carboxylic acids is 2. The number of nitrogens with zero attached hydrogens (tertiary/aromatic N) is 3. The summed E-state index contributed by atoms with van der Waals surface area (Å²) < 4.78 is 2.01. The zero-order valence-corrected chi connectivity index (χ0v) is 21.6. The van der Waals surface area contributed by atoms with Gasteiger partial charge in [0.1, 0.15) is 0 Å². The first-order valence-electron chi connectivity index (χ1n) is 7.81. The summed E-state index contributed by atoms with van der Waals surface area (Å²) in [6, 6.07) is 0. The van der Waals surface area contributed by atoms with Gasteiger partial charge in [-0.1, -0.05) is 24.8 Å². The molecule has 2 amide bonds. The van der Waals surface area contributed by atoms with Crippen LogP contribution in [-0.4, -0.2) is 55.0 Å². The van der Waals surface area contributed by atoms with Crippen molar-refractivity contribution in [1.82, 2.24) is 9.80 Å². The molecule has 0 radical (unpaired) electrons. The van der Waals surface area contributed by atoms with Crippen LogP contribution in [0.2, 0.25) is 0 Å². The van der Waals surface area contributed by atoms with E-state index in [0.717, 1.165) is 0 Å². The number of hydrogen-bond donors (Lipinski definition) is 0. The standard InChI is InChI=1S/C19H20I3N3O2/c1-6-9-23-17-15(21)12(18(26)24(4)10-7-2)14(20)13(16(17)22)19(27)25(5)11-8-3/h6-9H,1-3,10-11H2,4-5H3. The highest BCUT2D eigenvalue weighted by Gasteiger charge is 2.29. The van der Waals surface area contributed by atoms with E-state index in [1.807, 2.05) is 0 Å². The molecule has 5 nitrogen and oxygen atoms in total. The summed E-state index contributed by atoms with van der Waals surface area (Å²) in [5.74, 6) is -0.369. The van der Waals surface area contributed by atoms with Gasteiger partial charge in [-0.05, 0) is 67.8 Å². The normalized spacial score (nSPS) is 10.6. The minimum absolute atomic E-state index is 0.185. The Morgan fingerprint density at radius 2 is 1.30 bits per heavy atom. The number of amides is 2. The first kappa shape index (κ1) is 24.3. The third kappa shape index (κ3) is 5.62. The average molecular weight is 703 g/mol. The molecule has 1 rings (SSSR count). The molecule has 1 aromatic rings. The predicted octanol–water partition coefficient (Wildman–Crippen LogP) is 4.90. The average Bonchev–Trinajstić information content (AvgIpc) is 2.61. The van der Waals surface area contributed by atoms with Crippen molar-refractivity contribution in [3.63, 3.8) is 0 Å². The first-order chi connectivity index (χ1) is 12.7. The Labute approximate surface area is 201 Å². The van der Waals surface area contributed by atoms with Crippen LogP contribution in [0.25, 0.3) is 0 Å². The molecule has 0 fully saturated rings. The van der Waals surface area contributed by atoms with E-state index in [1.165, 1.54) is 0 Å². The molecule has 0 spiro atoms. The van der Waals surface area contributed by atoms with Crippen LogP contribution in [0.3, 0.4) is 0 Å². The zero-order chi connectivity index (χ0) is 20.7. The van der Waals surface area contributed by atoms with Crippen LogP contribution >= 0.6 is 67.8 Å². The summed E-state index contributed by atoms with van der Waals surface area (Å²) in [7, 11) is 3.40. The van der Waals surface area contributed by atoms with Gasteiger partial charge in [0.2, 0.25) is 0 Å². The van der Waals surface area contributed by atoms with Gasteiger partial charge in [-0.25, -0.2) is 0 Å². The monoisotopic (exact) mass is 703 g/mol. The zero-order valence-electron chi connectivity index (χ0n) is 15.1. The van der Waals surface area contributed by atoms with E-state index in [9.17, 15) is 9.59 Å². The molecular weight excluding hydrogens is 683 g/mol. The molecule has 27 heavy (non-hydrogen) atoms. The summed E-state index contributed by atoms with van der Waals surface area (Å²) in [6.07, 6.45) is 6.42. The predicted molar refractivity (Wildman–Crippen MR) is 137 cm³/mol. The quantitative estimate of drug-likeness (QED) is 0.220. The number of halogens is 3. The second-order valence-corrected chi connectivity index (χ2v) is 8.74. The van der Waals surface area contributed by atoms with Crippen LogP contribution in [0.1, 0.15) is 20.7 Å². The number of allylic oxidation sites excluding steroid dienone is 1. The van der Waals surface area contributed by atoms with E-state index in [-0.39, 0.29) is 11.8 Å². The maximum absolute atomic E-state index is 13.0. The van der Waals surface area contributed by atoms with Crippen molar-refractivity contribution in [1.29, 1.82) is 0 Å². The van der Waals surface area contributed by atoms with Crippen molar-refractivity contribution in [2.45, 2.75) is 0 Å². The maximum atomic E-state index is 13.0. The number of benzene rings is 1. The summed E-state index contributed by atoms with van der Waals surface area (Å²) in [4.78, 5) is 33.6. The number of rotatable bonds is 8. The Kier molecular flexibility index (Phi) is 10.2. The minimum atomic E-state index is -0.185. The largest absolute Gasteiger partial charge is 0.338 e. The van der Waals surface area contributed by atoms with Gasteiger partial charge in [0, 0.05) is 37.0 Å². The smallest absolute Gasteiger partial charge is 0.256 e. The van der Waals surface area contributed by atoms with Crippen molar-refractivity contribution < 1.29 is 9.59 Å². The lowest BCUT2D eigenvalue weighted by Gasteiger charge is -2.23. The molecule has 0 aliphatic rings. The summed E-state index contributed by atoms with van der Waals surface area (Å²) in [5, 5.41) is 0. The third-order valence-corrected chi connectivity index (χ3v) is 6.71. The van der Waals surface area contributed by atoms with Gasteiger partial charge in [-0.3, -0.25) is 14.6 Å². The SMILES string of the molecule is C=CC=Nc1c(I)c(C(=O)N(C)CC=C)c(I)c(C(=O)N(C)CC=C)c1I. The van der Waals surface area contributed by atoms with Crippen LogP contribution in [0.5, 0.6) is 0 Å². The van der Waals surface area contributed by atoms with E-state index < -0.39 is 0 Å². The highest BCUT2D eigenvalue weighted by molar-refractivity contribution is 14.1. The van der Waals surface area contributed by atoms with Gasteiger partial charge < -0.3 is 9.80 Å². The minimum Gasteiger partial charge on any atom is -0.338 e. The molecule has 0 atom stereocenters. The van der Waals surface area contributed by atoms with Gasteiger partial charge in [0.05, 0.1) is 24.0 Å². The molecule has 0 saturated carbocycles. The molecular formula is C19H20I3N3O2. The summed E-state index contributed by atoms with van der Waals surface area (Å²) in [5.41, 5.74) is 1.52. The van der Waals surface area contributed by atoms with Gasteiger partial charge in [0.25, 0.3) is 11.8 Å². The Bertz CT molecular complexity index is 764. The van der Waals surface area contributed by atoms with E-state index in [2.05, 4.69) is 92.5 Å². The summed E-state index contributed by atoms with van der Waals surface area (Å²) in [6.45, 7) is 11.8. The molecule has 0 aliphatic carbocycles. The molecule has 0 saturated heterocycles. The fourth-order valence-electron chi connectivity index (χ4n) is 2.20. The van der Waals surface area contributed by atoms with Crippen LogP contribution in [0.4, 0.5) is 5.69 Å². The fraction of sp³-hybridized carbons (Fsp3) is 0.211. The summed E-state index contributed by atoms with van der Waals surface area (Å²) >= 11 is 6.29. The number of likely N-dealkylation sites (N-methyl/N-ethyl adjacent to an activating group) is 2. The van der Waals surface area contributed by atoms with E-state index in [0.29, 0.717) is 40.6 Å². The van der Waals surface area contributed by atoms with Crippen molar-refractivity contribution >= 4 is 91.5 Å². The lowest BCUT2D eigenvalue weighted by atomic mass is 10.1. The van der Waals surface area contributed by atoms with Crippen molar-refractivity contribution in [2.24, 2.45) is 4.99 Å². The van der Waals surface area contributed by atoms with Gasteiger partial charge in [-0.2, -0.15) is 0 Å². The second kappa shape index (κ2) is 11.3. The molecule has 0 heterocycles. The lowest BCUT2D eigenvalue weighted by molar-refractivity contribution is 0.0805. The molecule has 144 valence electrons. The maximum Gasteiger partial charge on any atom is 0.256 e. The number of aliphatic imine (C=N–C) groups is 1. The highest BCUT2D eigenvalue weighted by Crippen LogP contribution is 2.38. The van der Waals surface area contributed by atoms with Gasteiger partial charge >= 0.3 is 0 Å². The second-order valence-electron chi connectivity index (χ2n) is 5.50. The van der Waals surface area contributed by atoms with Crippen LogP contribution in [0.15, 0.2) is 43.0 Å². The first-order valence-corrected chi connectivity index (χ1v) is 11.0. The van der Waals surface area contributed by atoms with Crippen molar-refractivity contribution in [2.75, 3.05) is 27.2 Å². The molecule has 1 aromatic carbocycles. The molecule has 8 heteroatoms. The molecule has 0 bridgehead atoms. The molecule has 0 aliphatic heterocycles. The van der Waals surface area contributed by atoms with Crippen molar-refractivity contribution in [3.8, 4) is 0 Å².